The Morgan fingerprint density at radius 1 is 1.00 bits per heavy atom. The van der Waals surface area contributed by atoms with Crippen molar-refractivity contribution < 1.29 is 27.2 Å². The summed E-state index contributed by atoms with van der Waals surface area (Å²) in [5.41, 5.74) is 4.88. The lowest BCUT2D eigenvalue weighted by molar-refractivity contribution is -0.137. The maximum Gasteiger partial charge on any atom is 0.416 e. The molecule has 0 saturated heterocycles. The summed E-state index contributed by atoms with van der Waals surface area (Å²) >= 11 is 0. The summed E-state index contributed by atoms with van der Waals surface area (Å²) in [6, 6.07) is 11.5. The van der Waals surface area contributed by atoms with Crippen molar-refractivity contribution in [2.75, 3.05) is 5.32 Å². The molecule has 9 heteroatoms. The van der Waals surface area contributed by atoms with Gasteiger partial charge in [-0.05, 0) is 57.0 Å². The van der Waals surface area contributed by atoms with Crippen molar-refractivity contribution in [1.29, 1.82) is 0 Å². The number of furan rings is 1. The summed E-state index contributed by atoms with van der Waals surface area (Å²) < 4.78 is 44.7. The van der Waals surface area contributed by atoms with E-state index >= 15 is 0 Å². The fraction of sp³-hybridized carbons (Fsp3) is 0.240. The molecular formula is C25H22F3N3O3. The van der Waals surface area contributed by atoms with E-state index in [9.17, 15) is 22.8 Å². The Hall–Kier alpha value is -3.88. The number of nitrogens with one attached hydrogen (secondary N) is 2. The highest BCUT2D eigenvalue weighted by molar-refractivity contribution is 6.09. The van der Waals surface area contributed by atoms with Gasteiger partial charge in [-0.1, -0.05) is 23.8 Å². The van der Waals surface area contributed by atoms with Crippen LogP contribution in [0.1, 0.15) is 61.8 Å². The van der Waals surface area contributed by atoms with Crippen LogP contribution >= 0.6 is 0 Å². The molecule has 0 fully saturated rings. The molecule has 2 N–H and O–H groups in total. The SMILES string of the molecule is Cc1cccc(C(=O)N/N=C2\CCCc3oc(C(=O)Nc4cccc(C(F)(F)F)c4)c(C)c32)c1. The summed E-state index contributed by atoms with van der Waals surface area (Å²) in [5, 5.41) is 6.76. The van der Waals surface area contributed by atoms with Gasteiger partial charge in [0.05, 0.1) is 11.3 Å². The number of amides is 2. The summed E-state index contributed by atoms with van der Waals surface area (Å²) in [7, 11) is 0. The van der Waals surface area contributed by atoms with Gasteiger partial charge < -0.3 is 9.73 Å². The van der Waals surface area contributed by atoms with Crippen molar-refractivity contribution in [3.8, 4) is 0 Å². The van der Waals surface area contributed by atoms with Crippen molar-refractivity contribution >= 4 is 23.2 Å². The quantitative estimate of drug-likeness (QED) is 0.485. The van der Waals surface area contributed by atoms with Gasteiger partial charge in [0, 0.05) is 28.8 Å². The Labute approximate surface area is 193 Å². The lowest BCUT2D eigenvalue weighted by Crippen LogP contribution is -2.22. The van der Waals surface area contributed by atoms with Crippen molar-refractivity contribution in [1.82, 2.24) is 5.43 Å². The standard InChI is InChI=1S/C25H22F3N3O3/c1-14-6-3-7-16(12-14)23(32)31-30-19-10-5-11-20-21(19)15(2)22(34-20)24(33)29-18-9-4-8-17(13-18)25(26,27)28/h3-4,6-9,12-13H,5,10-11H2,1-2H3,(H,29,33)(H,31,32)/b30-19+. The second kappa shape index (κ2) is 9.17. The minimum Gasteiger partial charge on any atom is -0.455 e. The monoisotopic (exact) mass is 469 g/mol. The Kier molecular flexibility index (Phi) is 6.28. The van der Waals surface area contributed by atoms with Gasteiger partial charge in [-0.25, -0.2) is 5.43 Å². The van der Waals surface area contributed by atoms with Gasteiger partial charge >= 0.3 is 6.18 Å². The molecule has 0 radical (unpaired) electrons. The first-order valence-corrected chi connectivity index (χ1v) is 10.7. The van der Waals surface area contributed by atoms with Crippen LogP contribution in [0.5, 0.6) is 0 Å². The number of hydrogen-bond acceptors (Lipinski definition) is 4. The molecule has 1 aliphatic rings. The lowest BCUT2D eigenvalue weighted by Gasteiger charge is -2.13. The molecule has 0 spiro atoms. The fourth-order valence-electron chi connectivity index (χ4n) is 3.93. The molecule has 1 heterocycles. The molecule has 6 nitrogen and oxygen atoms in total. The smallest absolute Gasteiger partial charge is 0.416 e. The molecule has 0 aliphatic heterocycles. The van der Waals surface area contributed by atoms with Crippen LogP contribution in [-0.4, -0.2) is 17.5 Å². The predicted molar refractivity (Wildman–Crippen MR) is 121 cm³/mol. The molecule has 1 aromatic heterocycles. The van der Waals surface area contributed by atoms with Gasteiger partial charge in [0.2, 0.25) is 0 Å². The number of hydrogen-bond donors (Lipinski definition) is 2. The van der Waals surface area contributed by atoms with Gasteiger partial charge in [0.1, 0.15) is 5.76 Å². The predicted octanol–water partition coefficient (Wildman–Crippen LogP) is 5.64. The van der Waals surface area contributed by atoms with Crippen LogP contribution in [0.25, 0.3) is 0 Å². The van der Waals surface area contributed by atoms with Gasteiger partial charge in [0.25, 0.3) is 11.8 Å². The number of fused-ring (bicyclic) bond motifs is 1. The number of alkyl halides is 3. The number of carbonyl (C=O) groups is 2. The number of aryl methyl sites for hydroxylation is 2. The average molecular weight is 469 g/mol. The molecule has 4 rings (SSSR count). The number of rotatable bonds is 4. The second-order valence-corrected chi connectivity index (χ2v) is 8.11. The zero-order chi connectivity index (χ0) is 24.5. The topological polar surface area (TPSA) is 83.7 Å². The van der Waals surface area contributed by atoms with Gasteiger partial charge in [-0.15, -0.1) is 0 Å². The summed E-state index contributed by atoms with van der Waals surface area (Å²) in [6.07, 6.45) is -2.64. The molecule has 0 unspecified atom stereocenters. The Morgan fingerprint density at radius 3 is 2.50 bits per heavy atom. The Morgan fingerprint density at radius 2 is 1.76 bits per heavy atom. The van der Waals surface area contributed by atoms with Crippen molar-refractivity contribution in [3.63, 3.8) is 0 Å². The van der Waals surface area contributed by atoms with Gasteiger partial charge in [-0.3, -0.25) is 9.59 Å². The third kappa shape index (κ3) is 4.88. The normalized spacial score (nSPS) is 14.6. The Balaban J connectivity index is 1.56. The zero-order valence-corrected chi connectivity index (χ0v) is 18.5. The number of nitrogens with zero attached hydrogens (tertiary/aromatic N) is 1. The maximum absolute atomic E-state index is 13.0. The van der Waals surface area contributed by atoms with Crippen LogP contribution in [-0.2, 0) is 12.6 Å². The van der Waals surface area contributed by atoms with Crippen LogP contribution in [0.3, 0.4) is 0 Å². The first kappa shape index (κ1) is 23.3. The molecule has 0 saturated carbocycles. The molecule has 34 heavy (non-hydrogen) atoms. The number of benzene rings is 2. The second-order valence-electron chi connectivity index (χ2n) is 8.11. The van der Waals surface area contributed by atoms with Crippen LogP contribution in [0, 0.1) is 13.8 Å². The van der Waals surface area contributed by atoms with Crippen molar-refractivity contribution in [2.24, 2.45) is 5.10 Å². The molecule has 0 atom stereocenters. The van der Waals surface area contributed by atoms with E-state index in [1.807, 2.05) is 13.0 Å². The van der Waals surface area contributed by atoms with E-state index < -0.39 is 17.6 Å². The first-order chi connectivity index (χ1) is 16.1. The number of carbonyl (C=O) groups excluding carboxylic acids is 2. The Bertz CT molecular complexity index is 1290. The summed E-state index contributed by atoms with van der Waals surface area (Å²) in [4.78, 5) is 25.3. The zero-order valence-electron chi connectivity index (χ0n) is 18.5. The molecular weight excluding hydrogens is 447 g/mol. The molecule has 0 bridgehead atoms. The van der Waals surface area contributed by atoms with Crippen molar-refractivity contribution in [3.05, 3.63) is 87.9 Å². The third-order valence-electron chi connectivity index (χ3n) is 5.55. The van der Waals surface area contributed by atoms with Gasteiger partial charge in [-0.2, -0.15) is 18.3 Å². The molecule has 176 valence electrons. The van der Waals surface area contributed by atoms with E-state index in [1.165, 1.54) is 12.1 Å². The summed E-state index contributed by atoms with van der Waals surface area (Å²) in [5.74, 6) is -0.454. The highest BCUT2D eigenvalue weighted by Gasteiger charge is 2.31. The van der Waals surface area contributed by atoms with E-state index in [1.54, 1.807) is 25.1 Å². The lowest BCUT2D eigenvalue weighted by atomic mass is 9.93. The molecule has 2 amide bonds. The third-order valence-corrected chi connectivity index (χ3v) is 5.55. The summed E-state index contributed by atoms with van der Waals surface area (Å²) in [6.45, 7) is 3.57. The average Bonchev–Trinajstić information content (AvgIpc) is 3.14. The van der Waals surface area contributed by atoms with Crippen LogP contribution < -0.4 is 10.7 Å². The molecule has 3 aromatic rings. The highest BCUT2D eigenvalue weighted by Crippen LogP contribution is 2.32. The number of hydrazone groups is 1. The van der Waals surface area contributed by atoms with E-state index in [0.717, 1.165) is 17.7 Å². The van der Waals surface area contributed by atoms with E-state index in [-0.39, 0.29) is 17.4 Å². The van der Waals surface area contributed by atoms with Crippen LogP contribution in [0.4, 0.5) is 18.9 Å². The highest BCUT2D eigenvalue weighted by atomic mass is 19.4. The number of halogens is 3. The van der Waals surface area contributed by atoms with Crippen LogP contribution in [0.2, 0.25) is 0 Å². The first-order valence-electron chi connectivity index (χ1n) is 10.7. The number of anilines is 1. The van der Waals surface area contributed by atoms with Crippen molar-refractivity contribution in [2.45, 2.75) is 39.3 Å². The molecule has 1 aliphatic carbocycles. The minimum atomic E-state index is -4.52. The fourth-order valence-corrected chi connectivity index (χ4v) is 3.93. The molecule has 2 aromatic carbocycles. The maximum atomic E-state index is 13.0. The largest absolute Gasteiger partial charge is 0.455 e. The van der Waals surface area contributed by atoms with E-state index in [4.69, 9.17) is 4.42 Å². The van der Waals surface area contributed by atoms with Crippen LogP contribution in [0.15, 0.2) is 58.0 Å². The van der Waals surface area contributed by atoms with Gasteiger partial charge in [0.15, 0.2) is 5.76 Å². The van der Waals surface area contributed by atoms with E-state index in [2.05, 4.69) is 15.8 Å². The minimum absolute atomic E-state index is 0.00187. The van der Waals surface area contributed by atoms with E-state index in [0.29, 0.717) is 47.4 Å².